The van der Waals surface area contributed by atoms with E-state index in [1.807, 2.05) is 0 Å². The van der Waals surface area contributed by atoms with E-state index >= 15 is 0 Å². The Labute approximate surface area is 69.6 Å². The van der Waals surface area contributed by atoms with E-state index in [4.69, 9.17) is 11.6 Å². The van der Waals surface area contributed by atoms with Crippen LogP contribution in [0, 0.1) is 0 Å². The Kier molecular flexibility index (Phi) is 4.99. The summed E-state index contributed by atoms with van der Waals surface area (Å²) in [5.74, 6) is 0. The van der Waals surface area contributed by atoms with E-state index in [-0.39, 0.29) is 21.1 Å². The van der Waals surface area contributed by atoms with Gasteiger partial charge in [0.25, 0.3) is 0 Å². The summed E-state index contributed by atoms with van der Waals surface area (Å²) < 4.78 is 0. The molecule has 48 valence electrons. The van der Waals surface area contributed by atoms with Crippen LogP contribution in [0.15, 0.2) is 11.1 Å². The number of hydrogen-bond acceptors (Lipinski definition) is 0. The molecule has 0 radical (unpaired) electrons. The van der Waals surface area contributed by atoms with Crippen LogP contribution in [0.1, 0.15) is 25.7 Å². The smallest absolute Gasteiger partial charge is 0.0895 e. The Morgan fingerprint density at radius 1 is 1.38 bits per heavy atom. The summed E-state index contributed by atoms with van der Waals surface area (Å²) in [6.07, 6.45) is 7.04. The van der Waals surface area contributed by atoms with E-state index in [0.29, 0.717) is 0 Å². The SMILES string of the molecule is ClC1=CCCCC1.[Pt+2]. The van der Waals surface area contributed by atoms with Crippen molar-refractivity contribution >= 4 is 11.6 Å². The van der Waals surface area contributed by atoms with Gasteiger partial charge in [-0.05, 0) is 25.7 Å². The van der Waals surface area contributed by atoms with Crippen molar-refractivity contribution in [3.63, 3.8) is 0 Å². The van der Waals surface area contributed by atoms with Crippen LogP contribution < -0.4 is 0 Å². The molecule has 0 amide bonds. The fraction of sp³-hybridized carbons (Fsp3) is 0.667. The van der Waals surface area contributed by atoms with Crippen LogP contribution in [-0.2, 0) is 21.1 Å². The molecule has 0 aliphatic heterocycles. The quantitative estimate of drug-likeness (QED) is 0.645. The van der Waals surface area contributed by atoms with Gasteiger partial charge in [-0.1, -0.05) is 17.7 Å². The van der Waals surface area contributed by atoms with Crippen molar-refractivity contribution in [3.05, 3.63) is 11.1 Å². The van der Waals surface area contributed by atoms with Crippen LogP contribution in [-0.4, -0.2) is 0 Å². The van der Waals surface area contributed by atoms with Gasteiger partial charge in [-0.25, -0.2) is 0 Å². The van der Waals surface area contributed by atoms with Crippen molar-refractivity contribution in [2.45, 2.75) is 25.7 Å². The molecule has 2 heteroatoms. The summed E-state index contributed by atoms with van der Waals surface area (Å²) in [6, 6.07) is 0. The van der Waals surface area contributed by atoms with E-state index in [2.05, 4.69) is 6.08 Å². The largest absolute Gasteiger partial charge is 2.00 e. The third kappa shape index (κ3) is 2.89. The monoisotopic (exact) mass is 311 g/mol. The van der Waals surface area contributed by atoms with Crippen LogP contribution in [0.4, 0.5) is 0 Å². The van der Waals surface area contributed by atoms with Crippen LogP contribution in [0.2, 0.25) is 0 Å². The van der Waals surface area contributed by atoms with Gasteiger partial charge in [0.05, 0.1) is 0 Å². The van der Waals surface area contributed by atoms with Gasteiger partial charge in [0.2, 0.25) is 0 Å². The van der Waals surface area contributed by atoms with E-state index in [9.17, 15) is 0 Å². The first kappa shape index (κ1) is 8.72. The number of allylic oxidation sites excluding steroid dienone is 2. The van der Waals surface area contributed by atoms with Crippen LogP contribution in [0.5, 0.6) is 0 Å². The zero-order valence-corrected chi connectivity index (χ0v) is 7.63. The Bertz CT molecular complexity index is 88.5. The first-order valence-electron chi connectivity index (χ1n) is 2.74. The minimum Gasteiger partial charge on any atom is -0.0895 e. The first-order chi connectivity index (χ1) is 3.39. The second-order valence-corrected chi connectivity index (χ2v) is 2.38. The minimum absolute atomic E-state index is 0. The van der Waals surface area contributed by atoms with Gasteiger partial charge >= 0.3 is 21.1 Å². The van der Waals surface area contributed by atoms with Gasteiger partial charge in [0.1, 0.15) is 0 Å². The molecule has 0 spiro atoms. The summed E-state index contributed by atoms with van der Waals surface area (Å²) in [6.45, 7) is 0. The van der Waals surface area contributed by atoms with Gasteiger partial charge < -0.3 is 0 Å². The average molecular weight is 312 g/mol. The summed E-state index contributed by atoms with van der Waals surface area (Å²) in [4.78, 5) is 0. The van der Waals surface area contributed by atoms with Crippen molar-refractivity contribution in [3.8, 4) is 0 Å². The predicted octanol–water partition coefficient (Wildman–Crippen LogP) is 2.68. The molecule has 0 saturated heterocycles. The molecule has 0 heterocycles. The maximum Gasteiger partial charge on any atom is 2.00 e. The van der Waals surface area contributed by atoms with Crippen LogP contribution >= 0.6 is 11.6 Å². The fourth-order valence-corrected chi connectivity index (χ4v) is 1.04. The Morgan fingerprint density at radius 2 is 2.12 bits per heavy atom. The molecule has 1 rings (SSSR count). The van der Waals surface area contributed by atoms with Crippen molar-refractivity contribution in [1.82, 2.24) is 0 Å². The van der Waals surface area contributed by atoms with E-state index in [1.165, 1.54) is 19.3 Å². The second kappa shape index (κ2) is 4.58. The number of hydrogen-bond donors (Lipinski definition) is 0. The molecule has 0 saturated carbocycles. The first-order valence-corrected chi connectivity index (χ1v) is 3.12. The number of halogens is 1. The molecule has 0 N–H and O–H groups in total. The zero-order valence-electron chi connectivity index (χ0n) is 4.60. The molecule has 0 aromatic heterocycles. The van der Waals surface area contributed by atoms with Crippen LogP contribution in [0.25, 0.3) is 0 Å². The van der Waals surface area contributed by atoms with Gasteiger partial charge in [-0.3, -0.25) is 0 Å². The summed E-state index contributed by atoms with van der Waals surface area (Å²) in [5.41, 5.74) is 0. The molecule has 0 unspecified atom stereocenters. The maximum absolute atomic E-state index is 5.68. The van der Waals surface area contributed by atoms with Crippen molar-refractivity contribution in [2.24, 2.45) is 0 Å². The topological polar surface area (TPSA) is 0 Å². The maximum atomic E-state index is 5.68. The molecule has 0 aromatic carbocycles. The molecular weight excluding hydrogens is 303 g/mol. The summed E-state index contributed by atoms with van der Waals surface area (Å²) in [5, 5.41) is 1.06. The molecule has 0 nitrogen and oxygen atoms in total. The molecular formula is C6H9ClPt+2. The van der Waals surface area contributed by atoms with E-state index < -0.39 is 0 Å². The molecule has 0 bridgehead atoms. The average Bonchev–Trinajstić information content (AvgIpc) is 1.69. The zero-order chi connectivity index (χ0) is 5.11. The van der Waals surface area contributed by atoms with Gasteiger partial charge in [0, 0.05) is 5.03 Å². The van der Waals surface area contributed by atoms with Gasteiger partial charge in [-0.2, -0.15) is 0 Å². The third-order valence-corrected chi connectivity index (χ3v) is 1.58. The molecule has 0 aromatic rings. The second-order valence-electron chi connectivity index (χ2n) is 1.90. The predicted molar refractivity (Wildman–Crippen MR) is 32.4 cm³/mol. The standard InChI is InChI=1S/C6H9Cl.Pt/c7-6-4-2-1-3-5-6;/h4H,1-3,5H2;/q;+2. The van der Waals surface area contributed by atoms with Crippen LogP contribution in [0.3, 0.4) is 0 Å². The van der Waals surface area contributed by atoms with E-state index in [1.54, 1.807) is 0 Å². The molecule has 1 aliphatic carbocycles. The molecule has 0 atom stereocenters. The normalized spacial score (nSPS) is 18.9. The minimum atomic E-state index is 0. The summed E-state index contributed by atoms with van der Waals surface area (Å²) >= 11 is 5.68. The van der Waals surface area contributed by atoms with Gasteiger partial charge in [-0.15, -0.1) is 0 Å². The third-order valence-electron chi connectivity index (χ3n) is 1.24. The fourth-order valence-electron chi connectivity index (χ4n) is 0.799. The Morgan fingerprint density at radius 3 is 2.38 bits per heavy atom. The Balaban J connectivity index is 0.000000490. The molecule has 1 aliphatic rings. The summed E-state index contributed by atoms with van der Waals surface area (Å²) in [7, 11) is 0. The molecule has 8 heavy (non-hydrogen) atoms. The van der Waals surface area contributed by atoms with E-state index in [0.717, 1.165) is 11.5 Å². The molecule has 0 fully saturated rings. The van der Waals surface area contributed by atoms with Crippen molar-refractivity contribution in [1.29, 1.82) is 0 Å². The number of rotatable bonds is 0. The van der Waals surface area contributed by atoms with Crippen molar-refractivity contribution in [2.75, 3.05) is 0 Å². The van der Waals surface area contributed by atoms with Crippen molar-refractivity contribution < 1.29 is 21.1 Å². The Hall–Kier alpha value is 0.718. The van der Waals surface area contributed by atoms with Gasteiger partial charge in [0.15, 0.2) is 0 Å².